The van der Waals surface area contributed by atoms with E-state index in [0.29, 0.717) is 16.0 Å². The Morgan fingerprint density at radius 2 is 2.12 bits per heavy atom. The van der Waals surface area contributed by atoms with Gasteiger partial charge in [-0.15, -0.1) is 12.4 Å². The Labute approximate surface area is 109 Å². The zero-order chi connectivity index (χ0) is 11.0. The fourth-order valence-corrected chi connectivity index (χ4v) is 2.16. The maximum atomic E-state index is 13.2. The maximum Gasteiger partial charge on any atom is 0.166 e. The van der Waals surface area contributed by atoms with Gasteiger partial charge in [0, 0.05) is 16.1 Å². The van der Waals surface area contributed by atoms with Crippen molar-refractivity contribution in [3.8, 4) is 5.75 Å². The van der Waals surface area contributed by atoms with E-state index in [4.69, 9.17) is 5.73 Å². The number of hydrogen-bond donors (Lipinski definition) is 2. The van der Waals surface area contributed by atoms with Gasteiger partial charge in [0.15, 0.2) is 11.6 Å². The molecule has 16 heavy (non-hydrogen) atoms. The molecule has 3 N–H and O–H groups in total. The predicted octanol–water partition coefficient (Wildman–Crippen LogP) is 3.52. The molecule has 0 aliphatic heterocycles. The molecule has 5 heteroatoms. The molecule has 0 heterocycles. The molecule has 1 aliphatic carbocycles. The minimum atomic E-state index is -0.620. The average molecular weight is 311 g/mol. The summed E-state index contributed by atoms with van der Waals surface area (Å²) in [7, 11) is 0. The summed E-state index contributed by atoms with van der Waals surface area (Å²) in [6, 6.07) is 2.65. The third-order valence-electron chi connectivity index (χ3n) is 2.74. The number of phenols is 1. The van der Waals surface area contributed by atoms with Crippen LogP contribution < -0.4 is 5.73 Å². The predicted molar refractivity (Wildman–Crippen MR) is 67.3 cm³/mol. The number of aromatic hydroxyl groups is 1. The van der Waals surface area contributed by atoms with Crippen LogP contribution in [0.2, 0.25) is 0 Å². The molecule has 2 rings (SSSR count). The summed E-state index contributed by atoms with van der Waals surface area (Å²) in [5.41, 5.74) is 6.42. The second kappa shape index (κ2) is 5.34. The smallest absolute Gasteiger partial charge is 0.166 e. The number of halogens is 3. The highest BCUT2D eigenvalue weighted by atomic mass is 79.9. The second-order valence-corrected chi connectivity index (χ2v) is 5.03. The van der Waals surface area contributed by atoms with Gasteiger partial charge in [0.25, 0.3) is 0 Å². The Bertz CT molecular complexity index is 384. The highest BCUT2D eigenvalue weighted by molar-refractivity contribution is 9.10. The molecule has 90 valence electrons. The monoisotopic (exact) mass is 309 g/mol. The molecule has 0 spiro atoms. The van der Waals surface area contributed by atoms with Crippen molar-refractivity contribution in [3.63, 3.8) is 0 Å². The summed E-state index contributed by atoms with van der Waals surface area (Å²) in [4.78, 5) is 0. The summed E-state index contributed by atoms with van der Waals surface area (Å²) in [5, 5.41) is 9.55. The Hall–Kier alpha value is -0.320. The van der Waals surface area contributed by atoms with Crippen molar-refractivity contribution >= 4 is 28.3 Å². The first kappa shape index (κ1) is 13.7. The van der Waals surface area contributed by atoms with E-state index in [1.807, 2.05) is 0 Å². The average Bonchev–Trinajstić information content (AvgIpc) is 2.94. The van der Waals surface area contributed by atoms with Gasteiger partial charge in [-0.05, 0) is 24.5 Å². The number of nitrogens with two attached hydrogens (primary N) is 1. The number of hydrogen-bond acceptors (Lipinski definition) is 2. The zero-order valence-electron chi connectivity index (χ0n) is 8.62. The van der Waals surface area contributed by atoms with E-state index in [1.165, 1.54) is 18.9 Å². The van der Waals surface area contributed by atoms with Crippen molar-refractivity contribution in [2.45, 2.75) is 25.3 Å². The fraction of sp³-hybridized carbons (Fsp3) is 0.455. The molecule has 2 nitrogen and oxygen atoms in total. The summed E-state index contributed by atoms with van der Waals surface area (Å²) in [6.07, 6.45) is 3.22. The van der Waals surface area contributed by atoms with E-state index >= 15 is 0 Å². The van der Waals surface area contributed by atoms with Crippen molar-refractivity contribution in [1.82, 2.24) is 0 Å². The van der Waals surface area contributed by atoms with Crippen LogP contribution in [0.1, 0.15) is 30.9 Å². The molecule has 1 atom stereocenters. The number of phenolic OH excluding ortho intramolecular Hbond substituents is 1. The van der Waals surface area contributed by atoms with Crippen molar-refractivity contribution in [2.75, 3.05) is 0 Å². The quantitative estimate of drug-likeness (QED) is 0.897. The van der Waals surface area contributed by atoms with Gasteiger partial charge in [0.1, 0.15) is 0 Å². The lowest BCUT2D eigenvalue weighted by molar-refractivity contribution is 0.416. The molecule has 0 aromatic heterocycles. The van der Waals surface area contributed by atoms with Gasteiger partial charge in [0.2, 0.25) is 0 Å². The van der Waals surface area contributed by atoms with Gasteiger partial charge in [-0.2, -0.15) is 0 Å². The van der Waals surface area contributed by atoms with Crippen molar-refractivity contribution in [1.29, 1.82) is 0 Å². The lowest BCUT2D eigenvalue weighted by Crippen LogP contribution is -2.11. The standard InChI is InChI=1S/C11H13BrFNO.ClH/c12-7-4-8(11(15)9(13)5-7)10(14)3-6-1-2-6;/h4-6,10,15H,1-3,14H2;1H/t10-;/m1./s1. The molecule has 1 aromatic carbocycles. The molecule has 0 bridgehead atoms. The van der Waals surface area contributed by atoms with Crippen LogP contribution in [-0.2, 0) is 0 Å². The second-order valence-electron chi connectivity index (χ2n) is 4.11. The largest absolute Gasteiger partial charge is 0.505 e. The first-order valence-corrected chi connectivity index (χ1v) is 5.80. The van der Waals surface area contributed by atoms with Crippen LogP contribution in [0.4, 0.5) is 4.39 Å². The Morgan fingerprint density at radius 1 is 1.50 bits per heavy atom. The third-order valence-corrected chi connectivity index (χ3v) is 3.20. The molecule has 0 radical (unpaired) electrons. The summed E-state index contributed by atoms with van der Waals surface area (Å²) in [5.74, 6) is -0.279. The SMILES string of the molecule is Cl.N[C@H](CC1CC1)c1cc(Br)cc(F)c1O. The van der Waals surface area contributed by atoms with Gasteiger partial charge >= 0.3 is 0 Å². The molecular formula is C11H14BrClFNO. The van der Waals surface area contributed by atoms with E-state index < -0.39 is 5.82 Å². The molecular weight excluding hydrogens is 296 g/mol. The van der Waals surface area contributed by atoms with Gasteiger partial charge in [-0.25, -0.2) is 4.39 Å². The lowest BCUT2D eigenvalue weighted by Gasteiger charge is -2.14. The molecule has 1 aliphatic rings. The van der Waals surface area contributed by atoms with Gasteiger partial charge in [0.05, 0.1) is 0 Å². The fourth-order valence-electron chi connectivity index (χ4n) is 1.71. The molecule has 0 amide bonds. The van der Waals surface area contributed by atoms with Crippen molar-refractivity contribution in [2.24, 2.45) is 11.7 Å². The van der Waals surface area contributed by atoms with Crippen LogP contribution >= 0.6 is 28.3 Å². The summed E-state index contributed by atoms with van der Waals surface area (Å²) >= 11 is 3.19. The third kappa shape index (κ3) is 3.09. The summed E-state index contributed by atoms with van der Waals surface area (Å²) < 4.78 is 13.8. The van der Waals surface area contributed by atoms with E-state index in [1.54, 1.807) is 6.07 Å². The zero-order valence-corrected chi connectivity index (χ0v) is 11.0. The molecule has 0 unspecified atom stereocenters. The van der Waals surface area contributed by atoms with Crippen LogP contribution in [-0.4, -0.2) is 5.11 Å². The van der Waals surface area contributed by atoms with Gasteiger partial charge in [-0.1, -0.05) is 28.8 Å². The summed E-state index contributed by atoms with van der Waals surface area (Å²) in [6.45, 7) is 0. The molecule has 1 aromatic rings. The number of rotatable bonds is 3. The van der Waals surface area contributed by atoms with E-state index in [-0.39, 0.29) is 24.2 Å². The Kier molecular flexibility index (Phi) is 4.59. The Balaban J connectivity index is 0.00000128. The first-order valence-electron chi connectivity index (χ1n) is 5.01. The minimum absolute atomic E-state index is 0. The normalized spacial score (nSPS) is 16.7. The molecule has 1 fully saturated rings. The van der Waals surface area contributed by atoms with E-state index in [9.17, 15) is 9.50 Å². The van der Waals surface area contributed by atoms with E-state index in [2.05, 4.69) is 15.9 Å². The van der Waals surface area contributed by atoms with Crippen LogP contribution in [0.25, 0.3) is 0 Å². The van der Waals surface area contributed by atoms with Gasteiger partial charge < -0.3 is 10.8 Å². The topological polar surface area (TPSA) is 46.2 Å². The number of benzene rings is 1. The lowest BCUT2D eigenvalue weighted by atomic mass is 10.0. The van der Waals surface area contributed by atoms with Crippen LogP contribution in [0.3, 0.4) is 0 Å². The first-order chi connectivity index (χ1) is 7.08. The van der Waals surface area contributed by atoms with Crippen LogP contribution in [0.5, 0.6) is 5.75 Å². The Morgan fingerprint density at radius 3 is 2.69 bits per heavy atom. The molecule has 0 saturated heterocycles. The van der Waals surface area contributed by atoms with Crippen LogP contribution in [0, 0.1) is 11.7 Å². The maximum absolute atomic E-state index is 13.2. The highest BCUT2D eigenvalue weighted by Gasteiger charge is 2.26. The molecule has 1 saturated carbocycles. The van der Waals surface area contributed by atoms with Crippen molar-refractivity contribution in [3.05, 3.63) is 28.0 Å². The minimum Gasteiger partial charge on any atom is -0.505 e. The van der Waals surface area contributed by atoms with Crippen molar-refractivity contribution < 1.29 is 9.50 Å². The van der Waals surface area contributed by atoms with Gasteiger partial charge in [-0.3, -0.25) is 0 Å². The van der Waals surface area contributed by atoms with Crippen LogP contribution in [0.15, 0.2) is 16.6 Å². The highest BCUT2D eigenvalue weighted by Crippen LogP contribution is 2.39. The van der Waals surface area contributed by atoms with E-state index in [0.717, 1.165) is 6.42 Å².